The Morgan fingerprint density at radius 3 is 2.59 bits per heavy atom. The van der Waals surface area contributed by atoms with Gasteiger partial charge in [0.05, 0.1) is 17.5 Å². The molecule has 2 saturated heterocycles. The summed E-state index contributed by atoms with van der Waals surface area (Å²) in [5, 5.41) is 6.05. The van der Waals surface area contributed by atoms with Gasteiger partial charge in [-0.3, -0.25) is 19.7 Å². The molecule has 0 saturated carbocycles. The zero-order valence-corrected chi connectivity index (χ0v) is 14.4. The molecule has 3 aliphatic heterocycles. The van der Waals surface area contributed by atoms with E-state index in [0.717, 1.165) is 11.0 Å². The predicted octanol–water partition coefficient (Wildman–Crippen LogP) is 1.77. The van der Waals surface area contributed by atoms with Gasteiger partial charge in [0.25, 0.3) is 0 Å². The third-order valence-corrected chi connectivity index (χ3v) is 5.84. The third-order valence-electron chi connectivity index (χ3n) is 5.84. The Balaban J connectivity index is 1.67. The number of carbonyl (C=O) groups is 3. The summed E-state index contributed by atoms with van der Waals surface area (Å²) < 4.78 is 13.7. The quantitative estimate of drug-likeness (QED) is 0.755. The first-order chi connectivity index (χ1) is 12.9. The minimum Gasteiger partial charge on any atom is -0.324 e. The van der Waals surface area contributed by atoms with Crippen LogP contribution in [0.25, 0.3) is 0 Å². The topological polar surface area (TPSA) is 78.5 Å². The number of halogens is 1. The molecule has 3 heterocycles. The number of anilines is 2. The minimum absolute atomic E-state index is 0.188. The van der Waals surface area contributed by atoms with Crippen LogP contribution in [0.15, 0.2) is 48.5 Å². The second kappa shape index (κ2) is 5.23. The van der Waals surface area contributed by atoms with E-state index in [2.05, 4.69) is 10.6 Å². The van der Waals surface area contributed by atoms with Gasteiger partial charge in [-0.05, 0) is 31.2 Å². The van der Waals surface area contributed by atoms with Crippen molar-refractivity contribution in [1.82, 2.24) is 5.32 Å². The van der Waals surface area contributed by atoms with Crippen LogP contribution in [0, 0.1) is 17.7 Å². The van der Waals surface area contributed by atoms with Crippen molar-refractivity contribution < 1.29 is 18.8 Å². The van der Waals surface area contributed by atoms with Gasteiger partial charge in [-0.2, -0.15) is 0 Å². The van der Waals surface area contributed by atoms with Crippen molar-refractivity contribution in [3.63, 3.8) is 0 Å². The summed E-state index contributed by atoms with van der Waals surface area (Å²) in [4.78, 5) is 40.4. The van der Waals surface area contributed by atoms with E-state index in [1.54, 1.807) is 31.2 Å². The average Bonchev–Trinajstić information content (AvgIpc) is 3.20. The SMILES string of the molecule is C[C@@H]1N[C@]2(C(=O)Nc3ccccc32)[C@@H]2C(=O)N(c3cccc(F)c3)C(=O)[C@@H]12. The van der Waals surface area contributed by atoms with Crippen LogP contribution in [0.2, 0.25) is 0 Å². The molecule has 2 aromatic rings. The Morgan fingerprint density at radius 1 is 1.04 bits per heavy atom. The molecule has 7 heteroatoms. The first-order valence-electron chi connectivity index (χ1n) is 8.77. The summed E-state index contributed by atoms with van der Waals surface area (Å²) in [5.41, 5.74) is 0.188. The van der Waals surface area contributed by atoms with Crippen molar-refractivity contribution in [3.05, 3.63) is 59.9 Å². The molecular weight excluding hydrogens is 349 g/mol. The van der Waals surface area contributed by atoms with Gasteiger partial charge in [0.1, 0.15) is 11.4 Å². The molecule has 27 heavy (non-hydrogen) atoms. The monoisotopic (exact) mass is 365 g/mol. The van der Waals surface area contributed by atoms with Crippen molar-refractivity contribution in [1.29, 1.82) is 0 Å². The number of rotatable bonds is 1. The maximum absolute atomic E-state index is 13.7. The maximum Gasteiger partial charge on any atom is 0.250 e. The molecule has 2 N–H and O–H groups in total. The highest BCUT2D eigenvalue weighted by atomic mass is 19.1. The van der Waals surface area contributed by atoms with E-state index in [9.17, 15) is 18.8 Å². The fourth-order valence-corrected chi connectivity index (χ4v) is 4.79. The molecule has 0 unspecified atom stereocenters. The first kappa shape index (κ1) is 16.1. The van der Waals surface area contributed by atoms with Crippen LogP contribution in [0.3, 0.4) is 0 Å². The molecule has 6 nitrogen and oxygen atoms in total. The normalized spacial score (nSPS) is 31.4. The minimum atomic E-state index is -1.30. The standard InChI is InChI=1S/C20H16FN3O3/c1-10-15-16(18(26)24(17(15)25)12-6-4-5-11(21)9-12)20(23-10)13-7-2-3-8-14(13)22-19(20)27/h2-10,15-16,23H,1H3,(H,22,27)/t10-,15-,16-,20-/m0/s1. The van der Waals surface area contributed by atoms with Gasteiger partial charge in [-0.25, -0.2) is 9.29 Å². The molecular formula is C20H16FN3O3. The van der Waals surface area contributed by atoms with E-state index in [0.29, 0.717) is 11.3 Å². The number of carbonyl (C=O) groups excluding carboxylic acids is 3. The van der Waals surface area contributed by atoms with Gasteiger partial charge in [-0.1, -0.05) is 24.3 Å². The highest BCUT2D eigenvalue weighted by Crippen LogP contribution is 2.53. The van der Waals surface area contributed by atoms with Gasteiger partial charge in [0, 0.05) is 17.3 Å². The highest BCUT2D eigenvalue weighted by molar-refractivity contribution is 6.25. The molecule has 4 atom stereocenters. The number of imide groups is 1. The summed E-state index contributed by atoms with van der Waals surface area (Å²) in [6.45, 7) is 1.79. The average molecular weight is 365 g/mol. The summed E-state index contributed by atoms with van der Waals surface area (Å²) in [6.07, 6.45) is 0. The van der Waals surface area contributed by atoms with Crippen LogP contribution in [0.1, 0.15) is 12.5 Å². The first-order valence-corrected chi connectivity index (χ1v) is 8.77. The number of nitrogens with one attached hydrogen (secondary N) is 2. The van der Waals surface area contributed by atoms with Crippen LogP contribution in [0.5, 0.6) is 0 Å². The molecule has 0 radical (unpaired) electrons. The molecule has 2 aromatic carbocycles. The van der Waals surface area contributed by atoms with Crippen molar-refractivity contribution in [2.24, 2.45) is 11.8 Å². The molecule has 2 fully saturated rings. The fourth-order valence-electron chi connectivity index (χ4n) is 4.79. The lowest BCUT2D eigenvalue weighted by Crippen LogP contribution is -2.53. The Bertz CT molecular complexity index is 1020. The van der Waals surface area contributed by atoms with Crippen LogP contribution >= 0.6 is 0 Å². The van der Waals surface area contributed by atoms with Crippen molar-refractivity contribution in [2.75, 3.05) is 10.2 Å². The molecule has 136 valence electrons. The molecule has 3 amide bonds. The number of fused-ring (bicyclic) bond motifs is 4. The van der Waals surface area contributed by atoms with E-state index in [4.69, 9.17) is 0 Å². The van der Waals surface area contributed by atoms with Gasteiger partial charge >= 0.3 is 0 Å². The Hall–Kier alpha value is -3.06. The number of nitrogens with zero attached hydrogens (tertiary/aromatic N) is 1. The lowest BCUT2D eigenvalue weighted by molar-refractivity contribution is -0.130. The van der Waals surface area contributed by atoms with Gasteiger partial charge < -0.3 is 5.32 Å². The number of benzene rings is 2. The van der Waals surface area contributed by atoms with E-state index < -0.39 is 35.0 Å². The molecule has 3 aliphatic rings. The number of amides is 3. The predicted molar refractivity (Wildman–Crippen MR) is 95.2 cm³/mol. The highest BCUT2D eigenvalue weighted by Gasteiger charge is 2.69. The third kappa shape index (κ3) is 1.89. The van der Waals surface area contributed by atoms with Gasteiger partial charge in [0.2, 0.25) is 17.7 Å². The fraction of sp³-hybridized carbons (Fsp3) is 0.250. The zero-order valence-electron chi connectivity index (χ0n) is 14.4. The number of hydrogen-bond acceptors (Lipinski definition) is 4. The van der Waals surface area contributed by atoms with E-state index in [1.807, 2.05) is 0 Å². The Kier molecular flexibility index (Phi) is 3.13. The lowest BCUT2D eigenvalue weighted by Gasteiger charge is -2.29. The zero-order chi connectivity index (χ0) is 18.9. The van der Waals surface area contributed by atoms with Crippen LogP contribution in [-0.4, -0.2) is 23.8 Å². The molecule has 0 aliphatic carbocycles. The van der Waals surface area contributed by atoms with Crippen LogP contribution in [0.4, 0.5) is 15.8 Å². The smallest absolute Gasteiger partial charge is 0.250 e. The molecule has 5 rings (SSSR count). The molecule has 0 aromatic heterocycles. The van der Waals surface area contributed by atoms with E-state index in [1.165, 1.54) is 18.2 Å². The van der Waals surface area contributed by atoms with Crippen LogP contribution < -0.4 is 15.5 Å². The van der Waals surface area contributed by atoms with Crippen molar-refractivity contribution >= 4 is 29.1 Å². The number of hydrogen-bond donors (Lipinski definition) is 2. The molecule has 1 spiro atoms. The van der Waals surface area contributed by atoms with E-state index >= 15 is 0 Å². The second-order valence-electron chi connectivity index (χ2n) is 7.24. The van der Waals surface area contributed by atoms with E-state index in [-0.39, 0.29) is 17.6 Å². The van der Waals surface area contributed by atoms with Gasteiger partial charge in [0.15, 0.2) is 0 Å². The second-order valence-corrected chi connectivity index (χ2v) is 7.24. The van der Waals surface area contributed by atoms with Gasteiger partial charge in [-0.15, -0.1) is 0 Å². The number of para-hydroxylation sites is 1. The summed E-state index contributed by atoms with van der Waals surface area (Å²) in [5.74, 6) is -3.35. The summed E-state index contributed by atoms with van der Waals surface area (Å²) >= 11 is 0. The summed E-state index contributed by atoms with van der Waals surface area (Å²) in [6, 6.07) is 12.2. The van der Waals surface area contributed by atoms with Crippen molar-refractivity contribution in [2.45, 2.75) is 18.5 Å². The maximum atomic E-state index is 13.7. The largest absolute Gasteiger partial charge is 0.324 e. The molecule has 0 bridgehead atoms. The van der Waals surface area contributed by atoms with Crippen molar-refractivity contribution in [3.8, 4) is 0 Å². The Labute approximate surface area is 154 Å². The summed E-state index contributed by atoms with van der Waals surface area (Å²) in [7, 11) is 0. The lowest BCUT2D eigenvalue weighted by atomic mass is 9.76. The Morgan fingerprint density at radius 2 is 1.81 bits per heavy atom. The van der Waals surface area contributed by atoms with Crippen LogP contribution in [-0.2, 0) is 19.9 Å².